The normalized spacial score (nSPS) is 23.4. The Kier molecular flexibility index (Phi) is 8.06. The molecule has 0 aromatic heterocycles. The molecule has 0 aliphatic carbocycles. The van der Waals surface area contributed by atoms with Crippen molar-refractivity contribution in [3.05, 3.63) is 29.8 Å². The van der Waals surface area contributed by atoms with Gasteiger partial charge in [0.1, 0.15) is 5.75 Å². The molecular weight excluding hydrogens is 354 g/mol. The van der Waals surface area contributed by atoms with E-state index in [1.165, 1.54) is 5.56 Å². The summed E-state index contributed by atoms with van der Waals surface area (Å²) in [6.45, 7) is 0.658. The number of hydrogen-bond donors (Lipinski definition) is 5. The quantitative estimate of drug-likeness (QED) is 0.362. The molecule has 2 amide bonds. The van der Waals surface area contributed by atoms with E-state index in [0.29, 0.717) is 17.5 Å². The summed E-state index contributed by atoms with van der Waals surface area (Å²) >= 11 is 1.87. The third-order valence-corrected chi connectivity index (χ3v) is 5.95. The number of amides is 2. The molecule has 2 saturated heterocycles. The van der Waals surface area contributed by atoms with Crippen LogP contribution < -0.4 is 16.4 Å². The first-order chi connectivity index (χ1) is 12.5. The van der Waals surface area contributed by atoms with Crippen molar-refractivity contribution in [1.29, 1.82) is 0 Å². The van der Waals surface area contributed by atoms with Crippen LogP contribution in [0.1, 0.15) is 31.2 Å². The van der Waals surface area contributed by atoms with Gasteiger partial charge in [-0.1, -0.05) is 18.6 Å². The average Bonchev–Trinajstić information content (AvgIpc) is 3.14. The maximum Gasteiger partial charge on any atom is 0.315 e. The summed E-state index contributed by atoms with van der Waals surface area (Å²) < 4.78 is 0. The van der Waals surface area contributed by atoms with Crippen LogP contribution in [0.15, 0.2) is 24.3 Å². The van der Waals surface area contributed by atoms with Gasteiger partial charge in [0, 0.05) is 17.4 Å². The first-order valence-electron chi connectivity index (χ1n) is 8.88. The SMILES string of the molecule is NCCc1ccc(O)cc1.O=C(O)CCCC[C@@H]1SC[C@@H]2NC(=O)N[C@@H]21. The van der Waals surface area contributed by atoms with Gasteiger partial charge >= 0.3 is 12.0 Å². The Hall–Kier alpha value is -1.93. The van der Waals surface area contributed by atoms with Crippen LogP contribution >= 0.6 is 11.8 Å². The molecule has 0 saturated carbocycles. The second kappa shape index (κ2) is 10.3. The number of phenols is 1. The van der Waals surface area contributed by atoms with E-state index in [9.17, 15) is 9.59 Å². The fourth-order valence-corrected chi connectivity index (χ4v) is 4.64. The van der Waals surface area contributed by atoms with Crippen LogP contribution in [0.25, 0.3) is 0 Å². The predicted molar refractivity (Wildman–Crippen MR) is 102 cm³/mol. The van der Waals surface area contributed by atoms with Crippen molar-refractivity contribution in [3.8, 4) is 5.75 Å². The number of fused-ring (bicyclic) bond motifs is 1. The maximum absolute atomic E-state index is 11.1. The molecule has 0 unspecified atom stereocenters. The van der Waals surface area contributed by atoms with Crippen LogP contribution in [-0.2, 0) is 11.2 Å². The van der Waals surface area contributed by atoms with Crippen molar-refractivity contribution in [2.45, 2.75) is 49.4 Å². The molecule has 2 fully saturated rings. The van der Waals surface area contributed by atoms with Gasteiger partial charge in [0.15, 0.2) is 0 Å². The smallest absolute Gasteiger partial charge is 0.315 e. The van der Waals surface area contributed by atoms with Crippen molar-refractivity contribution in [3.63, 3.8) is 0 Å². The molecule has 26 heavy (non-hydrogen) atoms. The molecule has 2 aliphatic rings. The number of rotatable bonds is 7. The Bertz CT molecular complexity index is 597. The Morgan fingerprint density at radius 1 is 1.23 bits per heavy atom. The number of unbranched alkanes of at least 4 members (excludes halogenated alkanes) is 1. The number of thioether (sulfide) groups is 1. The number of aliphatic carboxylic acids is 1. The van der Waals surface area contributed by atoms with Crippen LogP contribution in [0, 0.1) is 0 Å². The lowest BCUT2D eigenvalue weighted by Crippen LogP contribution is -2.36. The van der Waals surface area contributed by atoms with Crippen LogP contribution in [0.4, 0.5) is 4.79 Å². The lowest BCUT2D eigenvalue weighted by Gasteiger charge is -2.16. The van der Waals surface area contributed by atoms with E-state index in [0.717, 1.165) is 31.4 Å². The molecule has 8 heteroatoms. The summed E-state index contributed by atoms with van der Waals surface area (Å²) in [5, 5.41) is 23.7. The van der Waals surface area contributed by atoms with Gasteiger partial charge in [-0.3, -0.25) is 4.79 Å². The number of urea groups is 1. The molecule has 1 aromatic rings. The molecule has 6 N–H and O–H groups in total. The fourth-order valence-electron chi connectivity index (χ4n) is 3.09. The van der Waals surface area contributed by atoms with E-state index in [1.807, 2.05) is 23.9 Å². The average molecular weight is 381 g/mol. The molecular formula is C18H27N3O4S. The number of nitrogens with two attached hydrogens (primary N) is 1. The topological polar surface area (TPSA) is 125 Å². The van der Waals surface area contributed by atoms with E-state index in [4.69, 9.17) is 15.9 Å². The number of phenolic OH excluding ortho intramolecular Hbond substituents is 1. The summed E-state index contributed by atoms with van der Waals surface area (Å²) in [6, 6.07) is 7.54. The van der Waals surface area contributed by atoms with Gasteiger partial charge in [-0.15, -0.1) is 0 Å². The molecule has 7 nitrogen and oxygen atoms in total. The minimum Gasteiger partial charge on any atom is -0.508 e. The van der Waals surface area contributed by atoms with Crippen LogP contribution in [0.2, 0.25) is 0 Å². The molecule has 0 spiro atoms. The predicted octanol–water partition coefficient (Wildman–Crippen LogP) is 1.69. The zero-order chi connectivity index (χ0) is 18.9. The number of carboxylic acid groups (broad SMARTS) is 1. The van der Waals surface area contributed by atoms with Gasteiger partial charge in [0.25, 0.3) is 0 Å². The second-order valence-electron chi connectivity index (χ2n) is 6.47. The number of carboxylic acids is 1. The summed E-state index contributed by atoms with van der Waals surface area (Å²) in [6.07, 6.45) is 3.76. The largest absolute Gasteiger partial charge is 0.508 e. The first kappa shape index (κ1) is 20.4. The van der Waals surface area contributed by atoms with Crippen molar-refractivity contribution in [2.24, 2.45) is 5.73 Å². The van der Waals surface area contributed by atoms with E-state index in [2.05, 4.69) is 10.6 Å². The molecule has 3 rings (SSSR count). The summed E-state index contributed by atoms with van der Waals surface area (Å²) in [7, 11) is 0. The van der Waals surface area contributed by atoms with Gasteiger partial charge in [-0.05, 0) is 43.5 Å². The molecule has 0 bridgehead atoms. The molecule has 3 atom stereocenters. The van der Waals surface area contributed by atoms with Crippen molar-refractivity contribution >= 4 is 23.8 Å². The molecule has 1 aromatic carbocycles. The third-order valence-electron chi connectivity index (χ3n) is 4.44. The zero-order valence-corrected chi connectivity index (χ0v) is 15.5. The van der Waals surface area contributed by atoms with Crippen molar-refractivity contribution < 1.29 is 19.8 Å². The number of hydrogen-bond acceptors (Lipinski definition) is 5. The van der Waals surface area contributed by atoms with Crippen LogP contribution in [0.5, 0.6) is 5.75 Å². The van der Waals surface area contributed by atoms with Crippen molar-refractivity contribution in [2.75, 3.05) is 12.3 Å². The first-order valence-corrected chi connectivity index (χ1v) is 9.93. The van der Waals surface area contributed by atoms with E-state index in [-0.39, 0.29) is 24.5 Å². The highest BCUT2D eigenvalue weighted by Gasteiger charge is 2.42. The molecule has 2 aliphatic heterocycles. The van der Waals surface area contributed by atoms with E-state index in [1.54, 1.807) is 12.1 Å². The van der Waals surface area contributed by atoms with Gasteiger partial charge in [0.2, 0.25) is 0 Å². The number of carbonyl (C=O) groups is 2. The minimum atomic E-state index is -0.729. The lowest BCUT2D eigenvalue weighted by atomic mass is 10.0. The summed E-state index contributed by atoms with van der Waals surface area (Å²) in [5.74, 6) is 0.543. The summed E-state index contributed by atoms with van der Waals surface area (Å²) in [5.41, 5.74) is 6.50. The third kappa shape index (κ3) is 6.42. The fraction of sp³-hybridized carbons (Fsp3) is 0.556. The van der Waals surface area contributed by atoms with Gasteiger partial charge < -0.3 is 26.6 Å². The molecule has 2 heterocycles. The van der Waals surface area contributed by atoms with E-state index < -0.39 is 5.97 Å². The number of aromatic hydroxyl groups is 1. The number of nitrogens with one attached hydrogen (secondary N) is 2. The summed E-state index contributed by atoms with van der Waals surface area (Å²) in [4.78, 5) is 21.5. The highest BCUT2D eigenvalue weighted by atomic mass is 32.2. The Balaban J connectivity index is 0.000000209. The number of carbonyl (C=O) groups excluding carboxylic acids is 1. The molecule has 144 valence electrons. The van der Waals surface area contributed by atoms with Gasteiger partial charge in [-0.2, -0.15) is 11.8 Å². The monoisotopic (exact) mass is 381 g/mol. The zero-order valence-electron chi connectivity index (χ0n) is 14.7. The van der Waals surface area contributed by atoms with Gasteiger partial charge in [0.05, 0.1) is 12.1 Å². The Labute approximate surface area is 157 Å². The van der Waals surface area contributed by atoms with Crippen molar-refractivity contribution in [1.82, 2.24) is 10.6 Å². The lowest BCUT2D eigenvalue weighted by molar-refractivity contribution is -0.137. The van der Waals surface area contributed by atoms with Crippen LogP contribution in [-0.4, -0.2) is 51.8 Å². The highest BCUT2D eigenvalue weighted by molar-refractivity contribution is 8.00. The van der Waals surface area contributed by atoms with Crippen LogP contribution in [0.3, 0.4) is 0 Å². The molecule has 0 radical (unpaired) electrons. The Morgan fingerprint density at radius 3 is 2.62 bits per heavy atom. The van der Waals surface area contributed by atoms with Gasteiger partial charge in [-0.25, -0.2) is 4.79 Å². The second-order valence-corrected chi connectivity index (χ2v) is 7.74. The minimum absolute atomic E-state index is 0.0640. The standard InChI is InChI=1S/C10H16N2O3S.C8H11NO/c13-8(14)4-2-1-3-7-9-6(5-16-7)11-10(15)12-9;9-6-5-7-1-3-8(10)4-2-7/h6-7,9H,1-5H2,(H,13,14)(H2,11,12,15);1-4,10H,5-6,9H2/t6-,7-,9-;/m0./s1. The maximum atomic E-state index is 11.1. The Morgan fingerprint density at radius 2 is 1.96 bits per heavy atom. The highest BCUT2D eigenvalue weighted by Crippen LogP contribution is 2.33. The number of benzene rings is 1. The van der Waals surface area contributed by atoms with E-state index >= 15 is 0 Å².